The van der Waals surface area contributed by atoms with Gasteiger partial charge in [0.1, 0.15) is 16.6 Å². The number of hydrogen-bond donors (Lipinski definition) is 0. The molecular weight excluding hydrogens is 240 g/mol. The third-order valence-electron chi connectivity index (χ3n) is 3.13. The fraction of sp³-hybridized carbons (Fsp3) is 0.545. The van der Waals surface area contributed by atoms with Crippen molar-refractivity contribution in [3.63, 3.8) is 0 Å². The van der Waals surface area contributed by atoms with Crippen molar-refractivity contribution in [2.45, 2.75) is 32.8 Å². The normalized spacial score (nSPS) is 15.1. The highest BCUT2D eigenvalue weighted by Gasteiger charge is 2.30. The Balaban J connectivity index is 2.72. The molecule has 0 saturated carbocycles. The Morgan fingerprint density at radius 2 is 2.18 bits per heavy atom. The second-order valence-corrected chi connectivity index (χ2v) is 4.52. The number of fused-ring (bicyclic) bond motifs is 1. The van der Waals surface area contributed by atoms with Gasteiger partial charge in [-0.1, -0.05) is 18.5 Å². The van der Waals surface area contributed by atoms with E-state index in [4.69, 9.17) is 16.3 Å². The number of methoxy groups -OCH3 is 1. The average Bonchev–Trinajstić information content (AvgIpc) is 2.72. The highest BCUT2D eigenvalue weighted by molar-refractivity contribution is 6.29. The molecule has 0 amide bonds. The summed E-state index contributed by atoms with van der Waals surface area (Å²) in [6, 6.07) is 1.69. The molecule has 2 heterocycles. The first-order chi connectivity index (χ1) is 8.01. The number of nitrogens with zero attached hydrogens (tertiary/aromatic N) is 4. The van der Waals surface area contributed by atoms with Crippen LogP contribution in [-0.2, 0) is 10.3 Å². The number of aromatic nitrogens is 4. The Kier molecular flexibility index (Phi) is 3.05. The summed E-state index contributed by atoms with van der Waals surface area (Å²) in [6.07, 6.45) is 0.798. The van der Waals surface area contributed by atoms with Gasteiger partial charge in [-0.05, 0) is 20.3 Å². The van der Waals surface area contributed by atoms with Crippen LogP contribution in [0.4, 0.5) is 0 Å². The maximum Gasteiger partial charge on any atom is 0.170 e. The van der Waals surface area contributed by atoms with Crippen molar-refractivity contribution in [2.24, 2.45) is 0 Å². The lowest BCUT2D eigenvalue weighted by Crippen LogP contribution is -2.27. The Morgan fingerprint density at radius 1 is 1.47 bits per heavy atom. The van der Waals surface area contributed by atoms with Gasteiger partial charge in [0.2, 0.25) is 0 Å². The second kappa shape index (κ2) is 4.23. The SMILES string of the molecule is CCC(C)(OC)c1nnc2cc(Cl)nc(C)n12. The smallest absolute Gasteiger partial charge is 0.170 e. The van der Waals surface area contributed by atoms with E-state index in [1.54, 1.807) is 13.2 Å². The van der Waals surface area contributed by atoms with Crippen LogP contribution < -0.4 is 0 Å². The van der Waals surface area contributed by atoms with Crippen molar-refractivity contribution in [1.82, 2.24) is 19.6 Å². The van der Waals surface area contributed by atoms with Crippen molar-refractivity contribution >= 4 is 17.2 Å². The molecule has 5 nitrogen and oxygen atoms in total. The van der Waals surface area contributed by atoms with E-state index in [-0.39, 0.29) is 0 Å². The first kappa shape index (κ1) is 12.3. The van der Waals surface area contributed by atoms with E-state index in [2.05, 4.69) is 15.2 Å². The van der Waals surface area contributed by atoms with Gasteiger partial charge < -0.3 is 4.74 Å². The van der Waals surface area contributed by atoms with Crippen LogP contribution in [-0.4, -0.2) is 26.7 Å². The zero-order chi connectivity index (χ0) is 12.6. The molecule has 6 heteroatoms. The predicted molar refractivity (Wildman–Crippen MR) is 65.2 cm³/mol. The fourth-order valence-electron chi connectivity index (χ4n) is 1.79. The minimum Gasteiger partial charge on any atom is -0.371 e. The van der Waals surface area contributed by atoms with Crippen LogP contribution >= 0.6 is 11.6 Å². The number of halogens is 1. The Bertz CT molecular complexity index is 548. The van der Waals surface area contributed by atoms with Gasteiger partial charge in [-0.25, -0.2) is 4.98 Å². The van der Waals surface area contributed by atoms with Crippen molar-refractivity contribution in [3.8, 4) is 0 Å². The predicted octanol–water partition coefficient (Wildman–Crippen LogP) is 2.36. The molecule has 92 valence electrons. The first-order valence-corrected chi connectivity index (χ1v) is 5.83. The summed E-state index contributed by atoms with van der Waals surface area (Å²) in [5.41, 5.74) is 0.217. The zero-order valence-electron chi connectivity index (χ0n) is 10.4. The van der Waals surface area contributed by atoms with Crippen LogP contribution in [0.3, 0.4) is 0 Å². The van der Waals surface area contributed by atoms with Crippen molar-refractivity contribution in [1.29, 1.82) is 0 Å². The monoisotopic (exact) mass is 254 g/mol. The number of aryl methyl sites for hydroxylation is 1. The fourth-order valence-corrected chi connectivity index (χ4v) is 2.01. The molecule has 1 atom stereocenters. The molecule has 0 saturated heterocycles. The third kappa shape index (κ3) is 1.89. The summed E-state index contributed by atoms with van der Waals surface area (Å²) in [4.78, 5) is 4.21. The van der Waals surface area contributed by atoms with Gasteiger partial charge in [0.05, 0.1) is 0 Å². The van der Waals surface area contributed by atoms with Gasteiger partial charge >= 0.3 is 0 Å². The molecule has 0 radical (unpaired) electrons. The lowest BCUT2D eigenvalue weighted by molar-refractivity contribution is -0.00996. The summed E-state index contributed by atoms with van der Waals surface area (Å²) < 4.78 is 7.41. The number of hydrogen-bond acceptors (Lipinski definition) is 4. The third-order valence-corrected chi connectivity index (χ3v) is 3.32. The minimum absolute atomic E-state index is 0.421. The van der Waals surface area contributed by atoms with Gasteiger partial charge in [0, 0.05) is 13.2 Å². The molecule has 0 aliphatic carbocycles. The van der Waals surface area contributed by atoms with E-state index in [9.17, 15) is 0 Å². The molecule has 0 aromatic carbocycles. The topological polar surface area (TPSA) is 52.3 Å². The average molecular weight is 255 g/mol. The van der Waals surface area contributed by atoms with Gasteiger partial charge in [0.15, 0.2) is 11.5 Å². The molecular formula is C11H15ClN4O. The molecule has 0 fully saturated rings. The summed E-state index contributed by atoms with van der Waals surface area (Å²) in [5.74, 6) is 1.50. The molecule has 0 N–H and O–H groups in total. The maximum atomic E-state index is 5.89. The molecule has 0 bridgehead atoms. The lowest BCUT2D eigenvalue weighted by atomic mass is 10.0. The van der Waals surface area contributed by atoms with Gasteiger partial charge in [-0.15, -0.1) is 10.2 Å². The maximum absolute atomic E-state index is 5.89. The highest BCUT2D eigenvalue weighted by Crippen LogP contribution is 2.27. The molecule has 2 aromatic heterocycles. The van der Waals surface area contributed by atoms with Crippen molar-refractivity contribution < 1.29 is 4.74 Å². The molecule has 0 aliphatic rings. The van der Waals surface area contributed by atoms with E-state index in [1.165, 1.54) is 0 Å². The summed E-state index contributed by atoms with van der Waals surface area (Å²) in [5, 5.41) is 8.73. The van der Waals surface area contributed by atoms with Crippen LogP contribution in [0.25, 0.3) is 5.65 Å². The van der Waals surface area contributed by atoms with Crippen LogP contribution in [0, 0.1) is 6.92 Å². The lowest BCUT2D eigenvalue weighted by Gasteiger charge is -2.24. The molecule has 17 heavy (non-hydrogen) atoms. The Hall–Kier alpha value is -1.20. The van der Waals surface area contributed by atoms with E-state index in [0.29, 0.717) is 10.8 Å². The summed E-state index contributed by atoms with van der Waals surface area (Å²) in [7, 11) is 1.67. The van der Waals surface area contributed by atoms with Crippen LogP contribution in [0.1, 0.15) is 31.9 Å². The Labute approximate surface area is 105 Å². The standard InChI is InChI=1S/C11H15ClN4O/c1-5-11(3,17-4)10-15-14-9-6-8(12)13-7(2)16(9)10/h6H,5H2,1-4H3. The van der Waals surface area contributed by atoms with E-state index in [1.807, 2.05) is 25.2 Å². The number of rotatable bonds is 3. The van der Waals surface area contributed by atoms with Crippen LogP contribution in [0.5, 0.6) is 0 Å². The second-order valence-electron chi connectivity index (χ2n) is 4.13. The van der Waals surface area contributed by atoms with Gasteiger partial charge in [-0.2, -0.15) is 0 Å². The largest absolute Gasteiger partial charge is 0.371 e. The molecule has 2 aromatic rings. The number of ether oxygens (including phenoxy) is 1. The molecule has 2 rings (SSSR count). The quantitative estimate of drug-likeness (QED) is 0.789. The molecule has 1 unspecified atom stereocenters. The summed E-state index contributed by atoms with van der Waals surface area (Å²) in [6.45, 7) is 5.90. The van der Waals surface area contributed by atoms with Crippen LogP contribution in [0.15, 0.2) is 6.07 Å². The Morgan fingerprint density at radius 3 is 2.76 bits per heavy atom. The van der Waals surface area contributed by atoms with E-state index < -0.39 is 5.60 Å². The summed E-state index contributed by atoms with van der Waals surface area (Å²) >= 11 is 5.89. The van der Waals surface area contributed by atoms with Crippen molar-refractivity contribution in [2.75, 3.05) is 7.11 Å². The van der Waals surface area contributed by atoms with Gasteiger partial charge in [0.25, 0.3) is 0 Å². The van der Waals surface area contributed by atoms with E-state index in [0.717, 1.165) is 18.1 Å². The van der Waals surface area contributed by atoms with E-state index >= 15 is 0 Å². The minimum atomic E-state index is -0.473. The molecule has 0 spiro atoms. The van der Waals surface area contributed by atoms with Crippen LogP contribution in [0.2, 0.25) is 5.15 Å². The van der Waals surface area contributed by atoms with Gasteiger partial charge in [-0.3, -0.25) is 4.40 Å². The van der Waals surface area contributed by atoms with Crippen molar-refractivity contribution in [3.05, 3.63) is 22.9 Å². The molecule has 0 aliphatic heterocycles. The highest BCUT2D eigenvalue weighted by atomic mass is 35.5. The zero-order valence-corrected chi connectivity index (χ0v) is 11.1. The first-order valence-electron chi connectivity index (χ1n) is 5.45.